The van der Waals surface area contributed by atoms with Crippen LogP contribution in [-0.4, -0.2) is 31.4 Å². The Hall–Kier alpha value is -1.06. The summed E-state index contributed by atoms with van der Waals surface area (Å²) in [5, 5.41) is 3.49. The molecule has 1 saturated carbocycles. The van der Waals surface area contributed by atoms with Gasteiger partial charge in [0, 0.05) is 19.1 Å². The SMILES string of the molecule is CCCOC1C(NCC)CC1Oc1c(C)ccc(C)c1C. The van der Waals surface area contributed by atoms with E-state index in [4.69, 9.17) is 9.47 Å². The standard InChI is InChI=1S/C18H29NO2/c1-6-10-20-18-15(19-7-2)11-16(18)21-17-13(4)9-8-12(3)14(17)5/h8-9,15-16,18-19H,6-7,10-11H2,1-5H3. The zero-order valence-corrected chi connectivity index (χ0v) is 14.0. The lowest BCUT2D eigenvalue weighted by molar-refractivity contribution is -0.107. The van der Waals surface area contributed by atoms with E-state index in [9.17, 15) is 0 Å². The maximum Gasteiger partial charge on any atom is 0.128 e. The zero-order valence-electron chi connectivity index (χ0n) is 14.0. The third-order valence-corrected chi connectivity index (χ3v) is 4.37. The van der Waals surface area contributed by atoms with E-state index in [-0.39, 0.29) is 12.2 Å². The van der Waals surface area contributed by atoms with Crippen LogP contribution in [-0.2, 0) is 4.74 Å². The van der Waals surface area contributed by atoms with Crippen molar-refractivity contribution in [2.24, 2.45) is 0 Å². The molecule has 3 nitrogen and oxygen atoms in total. The lowest BCUT2D eigenvalue weighted by Crippen LogP contribution is -2.61. The molecule has 1 N–H and O–H groups in total. The highest BCUT2D eigenvalue weighted by Crippen LogP contribution is 2.33. The molecule has 21 heavy (non-hydrogen) atoms. The highest BCUT2D eigenvalue weighted by Gasteiger charge is 2.43. The fraction of sp³-hybridized carbons (Fsp3) is 0.667. The van der Waals surface area contributed by atoms with Crippen LogP contribution in [0.15, 0.2) is 12.1 Å². The van der Waals surface area contributed by atoms with Crippen molar-refractivity contribution in [1.82, 2.24) is 5.32 Å². The molecule has 0 heterocycles. The molecule has 0 saturated heterocycles. The highest BCUT2D eigenvalue weighted by molar-refractivity contribution is 5.44. The van der Waals surface area contributed by atoms with Gasteiger partial charge in [0.15, 0.2) is 0 Å². The third kappa shape index (κ3) is 3.58. The molecular formula is C18H29NO2. The van der Waals surface area contributed by atoms with Gasteiger partial charge in [-0.1, -0.05) is 26.0 Å². The van der Waals surface area contributed by atoms with E-state index in [1.54, 1.807) is 0 Å². The summed E-state index contributed by atoms with van der Waals surface area (Å²) in [5.41, 5.74) is 3.74. The van der Waals surface area contributed by atoms with E-state index in [0.717, 1.165) is 31.7 Å². The normalized spacial score (nSPS) is 24.7. The first-order valence-corrected chi connectivity index (χ1v) is 8.16. The lowest BCUT2D eigenvalue weighted by Gasteiger charge is -2.44. The van der Waals surface area contributed by atoms with Gasteiger partial charge in [-0.25, -0.2) is 0 Å². The van der Waals surface area contributed by atoms with E-state index in [2.05, 4.69) is 52.1 Å². The highest BCUT2D eigenvalue weighted by atomic mass is 16.5. The minimum atomic E-state index is 0.166. The van der Waals surface area contributed by atoms with Crippen LogP contribution in [0.5, 0.6) is 5.75 Å². The molecule has 0 amide bonds. The van der Waals surface area contributed by atoms with Gasteiger partial charge >= 0.3 is 0 Å². The second-order valence-corrected chi connectivity index (χ2v) is 6.05. The second-order valence-electron chi connectivity index (χ2n) is 6.05. The molecular weight excluding hydrogens is 262 g/mol. The maximum absolute atomic E-state index is 6.31. The van der Waals surface area contributed by atoms with Crippen LogP contribution in [0.25, 0.3) is 0 Å². The number of hydrogen-bond acceptors (Lipinski definition) is 3. The van der Waals surface area contributed by atoms with Crippen molar-refractivity contribution in [3.63, 3.8) is 0 Å². The Bertz CT molecular complexity index is 473. The summed E-state index contributed by atoms with van der Waals surface area (Å²) in [7, 11) is 0. The molecule has 1 aliphatic rings. The average molecular weight is 291 g/mol. The number of ether oxygens (including phenoxy) is 2. The minimum absolute atomic E-state index is 0.166. The first kappa shape index (κ1) is 16.3. The molecule has 118 valence electrons. The molecule has 0 aromatic heterocycles. The number of likely N-dealkylation sites (N-methyl/N-ethyl adjacent to an activating group) is 1. The molecule has 0 aliphatic heterocycles. The van der Waals surface area contributed by atoms with E-state index >= 15 is 0 Å². The van der Waals surface area contributed by atoms with Crippen molar-refractivity contribution in [2.75, 3.05) is 13.2 Å². The molecule has 3 atom stereocenters. The Balaban J connectivity index is 2.07. The third-order valence-electron chi connectivity index (χ3n) is 4.37. The number of hydrogen-bond donors (Lipinski definition) is 1. The van der Waals surface area contributed by atoms with Gasteiger partial charge in [0.1, 0.15) is 18.0 Å². The quantitative estimate of drug-likeness (QED) is 0.833. The van der Waals surface area contributed by atoms with Crippen molar-refractivity contribution < 1.29 is 9.47 Å². The summed E-state index contributed by atoms with van der Waals surface area (Å²) in [4.78, 5) is 0. The van der Waals surface area contributed by atoms with Crippen LogP contribution in [0.4, 0.5) is 0 Å². The summed E-state index contributed by atoms with van der Waals surface area (Å²) in [6.07, 6.45) is 2.41. The van der Waals surface area contributed by atoms with Crippen molar-refractivity contribution in [3.05, 3.63) is 28.8 Å². The summed E-state index contributed by atoms with van der Waals surface area (Å²) in [5.74, 6) is 1.04. The van der Waals surface area contributed by atoms with Crippen molar-refractivity contribution >= 4 is 0 Å². The molecule has 3 heteroatoms. The molecule has 3 unspecified atom stereocenters. The average Bonchev–Trinajstić information content (AvgIpc) is 2.45. The molecule has 1 aromatic rings. The molecule has 1 fully saturated rings. The summed E-state index contributed by atoms with van der Waals surface area (Å²) >= 11 is 0. The van der Waals surface area contributed by atoms with Gasteiger partial charge in [-0.3, -0.25) is 0 Å². The number of nitrogens with one attached hydrogen (secondary N) is 1. The van der Waals surface area contributed by atoms with E-state index in [1.165, 1.54) is 16.7 Å². The number of aryl methyl sites for hydroxylation is 2. The fourth-order valence-corrected chi connectivity index (χ4v) is 2.89. The fourth-order valence-electron chi connectivity index (χ4n) is 2.89. The maximum atomic E-state index is 6.31. The minimum Gasteiger partial charge on any atom is -0.487 e. The van der Waals surface area contributed by atoms with Gasteiger partial charge in [0.05, 0.1) is 0 Å². The first-order chi connectivity index (χ1) is 10.1. The van der Waals surface area contributed by atoms with Crippen LogP contribution in [0.3, 0.4) is 0 Å². The number of rotatable bonds is 7. The monoisotopic (exact) mass is 291 g/mol. The van der Waals surface area contributed by atoms with Crippen molar-refractivity contribution in [2.45, 2.75) is 65.7 Å². The van der Waals surface area contributed by atoms with Gasteiger partial charge in [-0.15, -0.1) is 0 Å². The van der Waals surface area contributed by atoms with Gasteiger partial charge in [0.2, 0.25) is 0 Å². The molecule has 0 bridgehead atoms. The van der Waals surface area contributed by atoms with Gasteiger partial charge < -0.3 is 14.8 Å². The van der Waals surface area contributed by atoms with E-state index < -0.39 is 0 Å². The topological polar surface area (TPSA) is 30.5 Å². The van der Waals surface area contributed by atoms with E-state index in [1.807, 2.05) is 0 Å². The lowest BCUT2D eigenvalue weighted by atomic mass is 9.85. The predicted octanol–water partition coefficient (Wildman–Crippen LogP) is 3.54. The zero-order chi connectivity index (χ0) is 15.4. The summed E-state index contributed by atoms with van der Waals surface area (Å²) in [6, 6.07) is 4.72. The molecule has 1 aliphatic carbocycles. The van der Waals surface area contributed by atoms with Crippen molar-refractivity contribution in [3.8, 4) is 5.75 Å². The molecule has 0 spiro atoms. The van der Waals surface area contributed by atoms with Crippen LogP contribution in [0, 0.1) is 20.8 Å². The second kappa shape index (κ2) is 7.28. The summed E-state index contributed by atoms with van der Waals surface area (Å²) < 4.78 is 12.3. The van der Waals surface area contributed by atoms with E-state index in [0.29, 0.717) is 6.04 Å². The summed E-state index contributed by atoms with van der Waals surface area (Å²) in [6.45, 7) is 12.5. The molecule has 0 radical (unpaired) electrons. The predicted molar refractivity (Wildman–Crippen MR) is 87.2 cm³/mol. The van der Waals surface area contributed by atoms with Crippen LogP contribution in [0.2, 0.25) is 0 Å². The number of benzene rings is 1. The van der Waals surface area contributed by atoms with Crippen molar-refractivity contribution in [1.29, 1.82) is 0 Å². The Kier molecular flexibility index (Phi) is 5.65. The Morgan fingerprint density at radius 3 is 2.52 bits per heavy atom. The smallest absolute Gasteiger partial charge is 0.128 e. The molecule has 2 rings (SSSR count). The van der Waals surface area contributed by atoms with Crippen LogP contribution < -0.4 is 10.1 Å². The Morgan fingerprint density at radius 2 is 1.86 bits per heavy atom. The van der Waals surface area contributed by atoms with Crippen LogP contribution >= 0.6 is 0 Å². The van der Waals surface area contributed by atoms with Gasteiger partial charge in [-0.2, -0.15) is 0 Å². The first-order valence-electron chi connectivity index (χ1n) is 8.16. The Morgan fingerprint density at radius 1 is 1.14 bits per heavy atom. The van der Waals surface area contributed by atoms with Crippen LogP contribution in [0.1, 0.15) is 43.4 Å². The van der Waals surface area contributed by atoms with Gasteiger partial charge in [0.25, 0.3) is 0 Å². The Labute approximate surface area is 129 Å². The van der Waals surface area contributed by atoms with Gasteiger partial charge in [-0.05, 0) is 50.4 Å². The largest absolute Gasteiger partial charge is 0.487 e. The molecule has 1 aromatic carbocycles.